The van der Waals surface area contributed by atoms with Gasteiger partial charge in [-0.1, -0.05) is 12.7 Å². The minimum Gasteiger partial charge on any atom is -0.344 e. The second-order valence-electron chi connectivity index (χ2n) is 5.13. The summed E-state index contributed by atoms with van der Waals surface area (Å²) < 4.78 is 0. The van der Waals surface area contributed by atoms with Crippen molar-refractivity contribution in [3.05, 3.63) is 48.5 Å². The van der Waals surface area contributed by atoms with Crippen molar-refractivity contribution in [2.45, 2.75) is 26.4 Å². The molecule has 1 aliphatic heterocycles. The SMILES string of the molecule is C=CN=C(/C=C\C)N/C(C)=C/C=C1/C(=O)NC(C)(CN)N1C=O. The van der Waals surface area contributed by atoms with E-state index in [-0.39, 0.29) is 18.1 Å². The Kier molecular flexibility index (Phi) is 6.47. The minimum absolute atomic E-state index is 0.118. The molecule has 0 aliphatic carbocycles. The van der Waals surface area contributed by atoms with Crippen LogP contribution < -0.4 is 16.4 Å². The van der Waals surface area contributed by atoms with Crippen LogP contribution in [0.1, 0.15) is 20.8 Å². The van der Waals surface area contributed by atoms with Crippen molar-refractivity contribution in [3.8, 4) is 0 Å². The number of nitrogens with one attached hydrogen (secondary N) is 2. The molecule has 0 bridgehead atoms. The van der Waals surface area contributed by atoms with Crippen molar-refractivity contribution in [2.75, 3.05) is 6.54 Å². The number of carbonyl (C=O) groups is 2. The predicted octanol–water partition coefficient (Wildman–Crippen LogP) is 0.745. The molecule has 1 atom stereocenters. The van der Waals surface area contributed by atoms with Crippen LogP contribution in [-0.4, -0.2) is 35.3 Å². The van der Waals surface area contributed by atoms with E-state index in [2.05, 4.69) is 22.2 Å². The summed E-state index contributed by atoms with van der Waals surface area (Å²) in [5.74, 6) is 0.270. The summed E-state index contributed by atoms with van der Waals surface area (Å²) in [6.07, 6.45) is 8.91. The average molecular weight is 317 g/mol. The van der Waals surface area contributed by atoms with Gasteiger partial charge in [-0.3, -0.25) is 14.5 Å². The van der Waals surface area contributed by atoms with Gasteiger partial charge in [0, 0.05) is 18.4 Å². The number of carbonyl (C=O) groups excluding carboxylic acids is 2. The molecule has 1 heterocycles. The molecule has 0 aromatic carbocycles. The van der Waals surface area contributed by atoms with Gasteiger partial charge in [0.05, 0.1) is 0 Å². The van der Waals surface area contributed by atoms with E-state index in [0.29, 0.717) is 12.2 Å². The van der Waals surface area contributed by atoms with Gasteiger partial charge in [-0.2, -0.15) is 0 Å². The molecular formula is C16H23N5O2. The number of hydrogen-bond acceptors (Lipinski definition) is 4. The molecule has 0 aromatic rings. The Morgan fingerprint density at radius 2 is 2.26 bits per heavy atom. The van der Waals surface area contributed by atoms with E-state index in [0.717, 1.165) is 5.70 Å². The minimum atomic E-state index is -0.903. The van der Waals surface area contributed by atoms with Crippen LogP contribution >= 0.6 is 0 Å². The van der Waals surface area contributed by atoms with E-state index in [1.165, 1.54) is 11.1 Å². The quantitative estimate of drug-likeness (QED) is 0.291. The third-order valence-corrected chi connectivity index (χ3v) is 3.28. The Morgan fingerprint density at radius 3 is 2.78 bits per heavy atom. The zero-order chi connectivity index (χ0) is 17.5. The molecule has 7 nitrogen and oxygen atoms in total. The summed E-state index contributed by atoms with van der Waals surface area (Å²) in [5.41, 5.74) is 5.73. The highest BCUT2D eigenvalue weighted by Gasteiger charge is 2.42. The number of nitrogens with zero attached hydrogens (tertiary/aromatic N) is 2. The van der Waals surface area contributed by atoms with E-state index in [1.807, 2.05) is 19.9 Å². The van der Waals surface area contributed by atoms with Crippen LogP contribution in [0.3, 0.4) is 0 Å². The summed E-state index contributed by atoms with van der Waals surface area (Å²) >= 11 is 0. The van der Waals surface area contributed by atoms with Gasteiger partial charge in [0.2, 0.25) is 6.41 Å². The highest BCUT2D eigenvalue weighted by molar-refractivity contribution is 5.99. The lowest BCUT2D eigenvalue weighted by atomic mass is 10.2. The Morgan fingerprint density at radius 1 is 1.57 bits per heavy atom. The summed E-state index contributed by atoms with van der Waals surface area (Å²) in [7, 11) is 0. The molecule has 7 heteroatoms. The molecule has 124 valence electrons. The average Bonchev–Trinajstić information content (AvgIpc) is 2.76. The van der Waals surface area contributed by atoms with E-state index in [9.17, 15) is 9.59 Å². The summed E-state index contributed by atoms with van der Waals surface area (Å²) in [4.78, 5) is 28.7. The van der Waals surface area contributed by atoms with Crippen molar-refractivity contribution < 1.29 is 9.59 Å². The molecular weight excluding hydrogens is 294 g/mol. The van der Waals surface area contributed by atoms with Crippen molar-refractivity contribution in [1.82, 2.24) is 15.5 Å². The number of aliphatic imine (C=N–C) groups is 1. The number of rotatable bonds is 6. The molecule has 2 amide bonds. The van der Waals surface area contributed by atoms with Crippen LogP contribution in [0, 0.1) is 0 Å². The van der Waals surface area contributed by atoms with E-state index in [1.54, 1.807) is 25.2 Å². The second-order valence-corrected chi connectivity index (χ2v) is 5.13. The van der Waals surface area contributed by atoms with E-state index < -0.39 is 5.66 Å². The Bertz CT molecular complexity index is 604. The smallest absolute Gasteiger partial charge is 0.269 e. The predicted molar refractivity (Wildman–Crippen MR) is 90.9 cm³/mol. The first-order valence-electron chi connectivity index (χ1n) is 7.16. The molecule has 0 spiro atoms. The highest BCUT2D eigenvalue weighted by Crippen LogP contribution is 2.22. The van der Waals surface area contributed by atoms with E-state index >= 15 is 0 Å². The molecule has 23 heavy (non-hydrogen) atoms. The Hall–Kier alpha value is -2.67. The fourth-order valence-electron chi connectivity index (χ4n) is 2.04. The topological polar surface area (TPSA) is 99.8 Å². The summed E-state index contributed by atoms with van der Waals surface area (Å²) in [6, 6.07) is 0. The first-order chi connectivity index (χ1) is 10.9. The maximum atomic E-state index is 12.0. The Labute approximate surface area is 136 Å². The van der Waals surface area contributed by atoms with Gasteiger partial charge < -0.3 is 16.4 Å². The summed E-state index contributed by atoms with van der Waals surface area (Å²) in [6.45, 7) is 9.05. The standard InChI is InChI=1S/C16H23N5O2/c1-5-7-14(18-6-2)19-12(3)8-9-13-15(23)20-16(4,10-17)21(13)11-22/h5-9,11H,2,10,17H2,1,3-4H3,(H,18,19)(H,20,23)/b7-5-,12-8+,13-9-. The highest BCUT2D eigenvalue weighted by atomic mass is 16.2. The molecule has 0 aromatic heterocycles. The monoisotopic (exact) mass is 317 g/mol. The Balaban J connectivity index is 3.01. The second kappa shape index (κ2) is 8.09. The molecule has 1 unspecified atom stereocenters. The van der Waals surface area contributed by atoms with Crippen LogP contribution in [-0.2, 0) is 9.59 Å². The van der Waals surface area contributed by atoms with Crippen molar-refractivity contribution >= 4 is 18.2 Å². The van der Waals surface area contributed by atoms with Crippen LogP contribution in [0.15, 0.2) is 53.5 Å². The molecule has 0 saturated carbocycles. The molecule has 1 aliphatic rings. The number of amidine groups is 1. The first kappa shape index (κ1) is 18.4. The molecule has 4 N–H and O–H groups in total. The van der Waals surface area contributed by atoms with Crippen molar-refractivity contribution in [1.29, 1.82) is 0 Å². The number of amides is 2. The summed E-state index contributed by atoms with van der Waals surface area (Å²) in [5, 5.41) is 5.77. The lowest BCUT2D eigenvalue weighted by Gasteiger charge is -2.29. The van der Waals surface area contributed by atoms with E-state index in [4.69, 9.17) is 5.73 Å². The zero-order valence-electron chi connectivity index (χ0n) is 13.7. The number of allylic oxidation sites excluding steroid dienone is 4. The van der Waals surface area contributed by atoms with Crippen molar-refractivity contribution in [2.24, 2.45) is 10.7 Å². The first-order valence-corrected chi connectivity index (χ1v) is 7.16. The van der Waals surface area contributed by atoms with Gasteiger partial charge in [0.1, 0.15) is 17.2 Å². The lowest BCUT2D eigenvalue weighted by Crippen LogP contribution is -2.54. The maximum absolute atomic E-state index is 12.0. The van der Waals surface area contributed by atoms with Gasteiger partial charge >= 0.3 is 0 Å². The normalized spacial score (nSPS) is 24.3. The van der Waals surface area contributed by atoms with Gasteiger partial charge in [-0.25, -0.2) is 4.99 Å². The van der Waals surface area contributed by atoms with Gasteiger partial charge in [-0.05, 0) is 39.0 Å². The zero-order valence-corrected chi connectivity index (χ0v) is 13.7. The van der Waals surface area contributed by atoms with Gasteiger partial charge in [-0.15, -0.1) is 0 Å². The maximum Gasteiger partial charge on any atom is 0.269 e. The largest absolute Gasteiger partial charge is 0.344 e. The number of nitrogens with two attached hydrogens (primary N) is 1. The fraction of sp³-hybridized carbons (Fsp3) is 0.312. The molecule has 1 rings (SSSR count). The third-order valence-electron chi connectivity index (χ3n) is 3.28. The number of hydrogen-bond donors (Lipinski definition) is 3. The van der Waals surface area contributed by atoms with Crippen LogP contribution in [0.4, 0.5) is 0 Å². The van der Waals surface area contributed by atoms with Crippen LogP contribution in [0.2, 0.25) is 0 Å². The van der Waals surface area contributed by atoms with Crippen LogP contribution in [0.5, 0.6) is 0 Å². The molecule has 0 radical (unpaired) electrons. The molecule has 1 saturated heterocycles. The molecule has 1 fully saturated rings. The van der Waals surface area contributed by atoms with Gasteiger partial charge in [0.15, 0.2) is 0 Å². The third kappa shape index (κ3) is 4.40. The van der Waals surface area contributed by atoms with Crippen molar-refractivity contribution in [3.63, 3.8) is 0 Å². The van der Waals surface area contributed by atoms with Crippen LogP contribution in [0.25, 0.3) is 0 Å². The fourth-order valence-corrected chi connectivity index (χ4v) is 2.04. The lowest BCUT2D eigenvalue weighted by molar-refractivity contribution is -0.120. The van der Waals surface area contributed by atoms with Gasteiger partial charge in [0.25, 0.3) is 5.91 Å².